The Kier molecular flexibility index (Phi) is 3.16. The summed E-state index contributed by atoms with van der Waals surface area (Å²) in [6.45, 7) is 0.773. The van der Waals surface area contributed by atoms with Crippen LogP contribution in [0.1, 0.15) is 25.7 Å². The first-order chi connectivity index (χ1) is 5.12. The molecule has 1 aliphatic rings. The summed E-state index contributed by atoms with van der Waals surface area (Å²) in [5.74, 6) is 0. The predicted octanol–water partition coefficient (Wildman–Crippen LogP) is 1.06. The summed E-state index contributed by atoms with van der Waals surface area (Å²) < 4.78 is 0.543. The maximum Gasteiger partial charge on any atom is 0.130 e. The molecule has 1 saturated carbocycles. The molecule has 4 heteroatoms. The Bertz CT molecular complexity index is 153. The van der Waals surface area contributed by atoms with E-state index < -0.39 is 0 Å². The highest BCUT2D eigenvalue weighted by Gasteiger charge is 2.28. The molecule has 0 aromatic rings. The SMILES string of the molecule is NC1(CNC(=S)S)CCCC1. The first-order valence-corrected chi connectivity index (χ1v) is 4.74. The quantitative estimate of drug-likeness (QED) is 0.450. The van der Waals surface area contributed by atoms with E-state index in [-0.39, 0.29) is 5.54 Å². The average molecular weight is 190 g/mol. The molecule has 64 valence electrons. The number of nitrogens with two attached hydrogens (primary N) is 1. The van der Waals surface area contributed by atoms with Gasteiger partial charge in [-0.25, -0.2) is 0 Å². The molecular weight excluding hydrogens is 176 g/mol. The number of nitrogens with one attached hydrogen (secondary N) is 1. The molecule has 0 aromatic heterocycles. The molecule has 0 amide bonds. The first-order valence-electron chi connectivity index (χ1n) is 3.88. The molecule has 1 fully saturated rings. The van der Waals surface area contributed by atoms with Gasteiger partial charge in [-0.3, -0.25) is 0 Å². The number of hydrogen-bond acceptors (Lipinski definition) is 2. The van der Waals surface area contributed by atoms with Gasteiger partial charge in [-0.15, -0.1) is 12.6 Å². The topological polar surface area (TPSA) is 38.0 Å². The van der Waals surface area contributed by atoms with Crippen LogP contribution in [-0.2, 0) is 0 Å². The van der Waals surface area contributed by atoms with Crippen molar-refractivity contribution in [1.29, 1.82) is 0 Å². The van der Waals surface area contributed by atoms with Gasteiger partial charge >= 0.3 is 0 Å². The van der Waals surface area contributed by atoms with Crippen LogP contribution in [0, 0.1) is 0 Å². The smallest absolute Gasteiger partial charge is 0.130 e. The van der Waals surface area contributed by atoms with Crippen molar-refractivity contribution in [3.63, 3.8) is 0 Å². The lowest BCUT2D eigenvalue weighted by atomic mass is 10.00. The van der Waals surface area contributed by atoms with Crippen LogP contribution in [0.2, 0.25) is 0 Å². The summed E-state index contributed by atoms with van der Waals surface area (Å²) in [6.07, 6.45) is 4.71. The van der Waals surface area contributed by atoms with Gasteiger partial charge in [0.05, 0.1) is 0 Å². The van der Waals surface area contributed by atoms with Crippen LogP contribution >= 0.6 is 24.8 Å². The lowest BCUT2D eigenvalue weighted by Crippen LogP contribution is -2.46. The zero-order valence-electron chi connectivity index (χ0n) is 6.47. The third-order valence-corrected chi connectivity index (χ3v) is 2.49. The van der Waals surface area contributed by atoms with Gasteiger partial charge in [0.15, 0.2) is 0 Å². The largest absolute Gasteiger partial charge is 0.369 e. The molecule has 0 aromatic carbocycles. The minimum absolute atomic E-state index is 0.0210. The highest BCUT2D eigenvalue weighted by Crippen LogP contribution is 2.26. The van der Waals surface area contributed by atoms with E-state index in [1.807, 2.05) is 0 Å². The van der Waals surface area contributed by atoms with E-state index in [4.69, 9.17) is 18.0 Å². The molecule has 1 rings (SSSR count). The molecule has 0 atom stereocenters. The monoisotopic (exact) mass is 190 g/mol. The van der Waals surface area contributed by atoms with E-state index in [2.05, 4.69) is 17.9 Å². The number of hydrogen-bond donors (Lipinski definition) is 3. The second kappa shape index (κ2) is 3.74. The summed E-state index contributed by atoms with van der Waals surface area (Å²) in [4.78, 5) is 0. The molecule has 0 saturated heterocycles. The lowest BCUT2D eigenvalue weighted by molar-refractivity contribution is 0.435. The van der Waals surface area contributed by atoms with E-state index >= 15 is 0 Å². The minimum Gasteiger partial charge on any atom is -0.369 e. The van der Waals surface area contributed by atoms with E-state index in [1.165, 1.54) is 12.8 Å². The van der Waals surface area contributed by atoms with Crippen molar-refractivity contribution >= 4 is 29.2 Å². The van der Waals surface area contributed by atoms with E-state index in [0.29, 0.717) is 4.32 Å². The fourth-order valence-corrected chi connectivity index (χ4v) is 1.66. The summed E-state index contributed by atoms with van der Waals surface area (Å²) in [7, 11) is 0. The van der Waals surface area contributed by atoms with Crippen molar-refractivity contribution in [2.45, 2.75) is 31.2 Å². The van der Waals surface area contributed by atoms with Crippen molar-refractivity contribution in [2.24, 2.45) is 5.73 Å². The third-order valence-electron chi connectivity index (χ3n) is 2.19. The third kappa shape index (κ3) is 2.97. The average Bonchev–Trinajstić information content (AvgIpc) is 2.33. The molecule has 0 radical (unpaired) electrons. The van der Waals surface area contributed by atoms with E-state index in [0.717, 1.165) is 19.4 Å². The van der Waals surface area contributed by atoms with Gasteiger partial charge in [-0.05, 0) is 12.8 Å². The Hall–Kier alpha value is 0.200. The Morgan fingerprint density at radius 3 is 2.55 bits per heavy atom. The highest BCUT2D eigenvalue weighted by molar-refractivity contribution is 8.11. The van der Waals surface area contributed by atoms with Gasteiger partial charge in [0.25, 0.3) is 0 Å². The standard InChI is InChI=1S/C7H14N2S2/c8-7(3-1-2-4-7)5-9-6(10)11/h1-5,8H2,(H2,9,10,11). The van der Waals surface area contributed by atoms with Crippen LogP contribution in [0.15, 0.2) is 0 Å². The first kappa shape index (κ1) is 9.29. The second-order valence-electron chi connectivity index (χ2n) is 3.23. The number of thiol groups is 1. The molecule has 0 bridgehead atoms. The molecule has 1 aliphatic carbocycles. The molecule has 0 unspecified atom stereocenters. The molecular formula is C7H14N2S2. The van der Waals surface area contributed by atoms with Crippen molar-refractivity contribution in [2.75, 3.05) is 6.54 Å². The molecule has 0 aliphatic heterocycles. The maximum absolute atomic E-state index is 6.05. The minimum atomic E-state index is -0.0210. The maximum atomic E-state index is 6.05. The zero-order valence-corrected chi connectivity index (χ0v) is 8.18. The highest BCUT2D eigenvalue weighted by atomic mass is 32.1. The van der Waals surface area contributed by atoms with E-state index in [1.54, 1.807) is 0 Å². The Morgan fingerprint density at radius 2 is 2.09 bits per heavy atom. The molecule has 0 heterocycles. The zero-order chi connectivity index (χ0) is 8.32. The van der Waals surface area contributed by atoms with Crippen LogP contribution in [0.25, 0.3) is 0 Å². The summed E-state index contributed by atoms with van der Waals surface area (Å²) >= 11 is 8.75. The van der Waals surface area contributed by atoms with Gasteiger partial charge < -0.3 is 11.1 Å². The van der Waals surface area contributed by atoms with Crippen molar-refractivity contribution in [1.82, 2.24) is 5.32 Å². The summed E-state index contributed by atoms with van der Waals surface area (Å²) in [6, 6.07) is 0. The second-order valence-corrected chi connectivity index (χ2v) is 4.39. The van der Waals surface area contributed by atoms with Crippen LogP contribution in [0.4, 0.5) is 0 Å². The van der Waals surface area contributed by atoms with Crippen molar-refractivity contribution < 1.29 is 0 Å². The van der Waals surface area contributed by atoms with Crippen LogP contribution in [0.5, 0.6) is 0 Å². The normalized spacial score (nSPS) is 21.6. The molecule has 3 N–H and O–H groups in total. The number of thiocarbonyl (C=S) groups is 1. The fraction of sp³-hybridized carbons (Fsp3) is 0.857. The lowest BCUT2D eigenvalue weighted by Gasteiger charge is -2.23. The van der Waals surface area contributed by atoms with Gasteiger partial charge in [-0.1, -0.05) is 25.1 Å². The Balaban J connectivity index is 2.28. The Labute approximate surface area is 78.3 Å². The predicted molar refractivity (Wildman–Crippen MR) is 55.0 cm³/mol. The summed E-state index contributed by atoms with van der Waals surface area (Å²) in [5, 5.41) is 3.00. The molecule has 11 heavy (non-hydrogen) atoms. The Morgan fingerprint density at radius 1 is 1.55 bits per heavy atom. The molecule has 0 spiro atoms. The van der Waals surface area contributed by atoms with Crippen LogP contribution in [0.3, 0.4) is 0 Å². The summed E-state index contributed by atoms with van der Waals surface area (Å²) in [5.41, 5.74) is 6.03. The fourth-order valence-electron chi connectivity index (χ4n) is 1.51. The van der Waals surface area contributed by atoms with Crippen LogP contribution < -0.4 is 11.1 Å². The van der Waals surface area contributed by atoms with Crippen molar-refractivity contribution in [3.05, 3.63) is 0 Å². The van der Waals surface area contributed by atoms with Crippen LogP contribution in [-0.4, -0.2) is 16.4 Å². The van der Waals surface area contributed by atoms with Gasteiger partial charge in [0.1, 0.15) is 4.32 Å². The van der Waals surface area contributed by atoms with E-state index in [9.17, 15) is 0 Å². The van der Waals surface area contributed by atoms with Gasteiger partial charge in [0.2, 0.25) is 0 Å². The molecule has 2 nitrogen and oxygen atoms in total. The van der Waals surface area contributed by atoms with Crippen molar-refractivity contribution in [3.8, 4) is 0 Å². The number of rotatable bonds is 2. The van der Waals surface area contributed by atoms with Gasteiger partial charge in [0, 0.05) is 12.1 Å². The van der Waals surface area contributed by atoms with Gasteiger partial charge in [-0.2, -0.15) is 0 Å².